The standard InChI is InChI=1S/C16H19N3O4/c17-7-12-5-13(9-18-8-12)23-14-6-15(20)19(16(14)21)10-11-1-3-22-4-2-11/h5-6,8-9,11,15-16,20-21H,1-4,10H2. The van der Waals surface area contributed by atoms with Crippen molar-refractivity contribution in [2.75, 3.05) is 19.8 Å². The zero-order valence-electron chi connectivity index (χ0n) is 12.6. The molecule has 0 aliphatic carbocycles. The largest absolute Gasteiger partial charge is 0.456 e. The van der Waals surface area contributed by atoms with Crippen LogP contribution in [-0.4, -0.2) is 52.3 Å². The average molecular weight is 317 g/mol. The van der Waals surface area contributed by atoms with Crippen LogP contribution >= 0.6 is 0 Å². The van der Waals surface area contributed by atoms with E-state index in [0.717, 1.165) is 12.8 Å². The molecule has 0 radical (unpaired) electrons. The van der Waals surface area contributed by atoms with E-state index in [1.54, 1.807) is 4.90 Å². The first-order chi connectivity index (χ1) is 11.2. The Labute approximate surface area is 134 Å². The maximum absolute atomic E-state index is 10.4. The topological polar surface area (TPSA) is 98.8 Å². The van der Waals surface area contributed by atoms with Gasteiger partial charge in [0, 0.05) is 38.1 Å². The lowest BCUT2D eigenvalue weighted by atomic mass is 10.00. The Morgan fingerprint density at radius 2 is 2.13 bits per heavy atom. The van der Waals surface area contributed by atoms with Gasteiger partial charge in [-0.25, -0.2) is 4.90 Å². The van der Waals surface area contributed by atoms with Gasteiger partial charge in [0.1, 0.15) is 23.8 Å². The number of rotatable bonds is 4. The van der Waals surface area contributed by atoms with E-state index in [1.165, 1.54) is 24.5 Å². The van der Waals surface area contributed by atoms with Crippen molar-refractivity contribution >= 4 is 0 Å². The molecular weight excluding hydrogens is 298 g/mol. The van der Waals surface area contributed by atoms with Crippen molar-refractivity contribution < 1.29 is 19.7 Å². The minimum Gasteiger partial charge on any atom is -0.456 e. The van der Waals surface area contributed by atoms with Crippen LogP contribution in [0.25, 0.3) is 0 Å². The summed E-state index contributed by atoms with van der Waals surface area (Å²) >= 11 is 0. The van der Waals surface area contributed by atoms with Crippen molar-refractivity contribution in [3.05, 3.63) is 35.9 Å². The number of aromatic nitrogens is 1. The third-order valence-electron chi connectivity index (χ3n) is 4.11. The third kappa shape index (κ3) is 3.68. The molecule has 0 spiro atoms. The van der Waals surface area contributed by atoms with E-state index < -0.39 is 12.5 Å². The van der Waals surface area contributed by atoms with Gasteiger partial charge in [-0.05, 0) is 18.8 Å². The Kier molecular flexibility index (Phi) is 4.88. The second kappa shape index (κ2) is 7.06. The number of ether oxygens (including phenoxy) is 2. The Morgan fingerprint density at radius 1 is 1.35 bits per heavy atom. The summed E-state index contributed by atoms with van der Waals surface area (Å²) in [5.74, 6) is 0.986. The summed E-state index contributed by atoms with van der Waals surface area (Å²) < 4.78 is 10.9. The summed E-state index contributed by atoms with van der Waals surface area (Å²) in [6, 6.07) is 3.51. The lowest BCUT2D eigenvalue weighted by Gasteiger charge is -2.31. The first-order valence-corrected chi connectivity index (χ1v) is 7.61. The van der Waals surface area contributed by atoms with Crippen LogP contribution in [0.15, 0.2) is 30.3 Å². The van der Waals surface area contributed by atoms with Crippen LogP contribution in [0.2, 0.25) is 0 Å². The highest BCUT2D eigenvalue weighted by Crippen LogP contribution is 2.27. The Hall–Kier alpha value is -1.98. The van der Waals surface area contributed by atoms with E-state index in [-0.39, 0.29) is 5.76 Å². The van der Waals surface area contributed by atoms with Crippen LogP contribution in [0.1, 0.15) is 18.4 Å². The van der Waals surface area contributed by atoms with E-state index in [9.17, 15) is 10.2 Å². The number of nitrogens with zero attached hydrogens (tertiary/aromatic N) is 3. The van der Waals surface area contributed by atoms with Gasteiger partial charge in [0.05, 0.1) is 11.8 Å². The molecule has 2 atom stereocenters. The van der Waals surface area contributed by atoms with Crippen LogP contribution in [0.5, 0.6) is 5.75 Å². The van der Waals surface area contributed by atoms with E-state index in [2.05, 4.69) is 4.98 Å². The molecule has 0 aromatic carbocycles. The third-order valence-corrected chi connectivity index (χ3v) is 4.11. The number of aliphatic hydroxyl groups is 2. The van der Waals surface area contributed by atoms with Gasteiger partial charge in [-0.15, -0.1) is 0 Å². The van der Waals surface area contributed by atoms with Crippen molar-refractivity contribution in [3.8, 4) is 11.8 Å². The molecule has 2 aliphatic heterocycles. The monoisotopic (exact) mass is 317 g/mol. The van der Waals surface area contributed by atoms with Crippen molar-refractivity contribution in [1.82, 2.24) is 9.88 Å². The molecule has 7 nitrogen and oxygen atoms in total. The van der Waals surface area contributed by atoms with E-state index in [4.69, 9.17) is 14.7 Å². The highest BCUT2D eigenvalue weighted by molar-refractivity contribution is 5.33. The van der Waals surface area contributed by atoms with Crippen molar-refractivity contribution in [2.45, 2.75) is 25.3 Å². The van der Waals surface area contributed by atoms with Crippen LogP contribution in [-0.2, 0) is 4.74 Å². The van der Waals surface area contributed by atoms with Crippen molar-refractivity contribution in [3.63, 3.8) is 0 Å². The van der Waals surface area contributed by atoms with E-state index in [0.29, 0.717) is 37.0 Å². The first kappa shape index (κ1) is 15.9. The van der Waals surface area contributed by atoms with Gasteiger partial charge in [0.15, 0.2) is 6.23 Å². The summed E-state index contributed by atoms with van der Waals surface area (Å²) in [6.07, 6.45) is 4.29. The summed E-state index contributed by atoms with van der Waals surface area (Å²) in [5, 5.41) is 29.4. The molecule has 1 saturated heterocycles. The molecule has 0 bridgehead atoms. The predicted molar refractivity (Wildman–Crippen MR) is 79.9 cm³/mol. The summed E-state index contributed by atoms with van der Waals surface area (Å²) in [6.45, 7) is 2.01. The molecule has 2 N–H and O–H groups in total. The Bertz CT molecular complexity index is 622. The molecule has 23 heavy (non-hydrogen) atoms. The lowest BCUT2D eigenvalue weighted by Crippen LogP contribution is -2.42. The number of hydrogen-bond acceptors (Lipinski definition) is 7. The molecule has 3 rings (SSSR count). The second-order valence-electron chi connectivity index (χ2n) is 5.73. The Balaban J connectivity index is 1.64. The zero-order chi connectivity index (χ0) is 16.2. The maximum atomic E-state index is 10.4. The fourth-order valence-electron chi connectivity index (χ4n) is 2.83. The average Bonchev–Trinajstić information content (AvgIpc) is 2.83. The number of pyridine rings is 1. The van der Waals surface area contributed by atoms with Crippen molar-refractivity contribution in [1.29, 1.82) is 5.26 Å². The molecule has 2 aliphatic rings. The smallest absolute Gasteiger partial charge is 0.168 e. The fourth-order valence-corrected chi connectivity index (χ4v) is 2.83. The first-order valence-electron chi connectivity index (χ1n) is 7.61. The fraction of sp³-hybridized carbons (Fsp3) is 0.500. The van der Waals surface area contributed by atoms with E-state index in [1.807, 2.05) is 6.07 Å². The minimum atomic E-state index is -1.02. The van der Waals surface area contributed by atoms with Crippen molar-refractivity contribution in [2.24, 2.45) is 5.92 Å². The van der Waals surface area contributed by atoms with Crippen LogP contribution < -0.4 is 4.74 Å². The number of nitriles is 1. The highest BCUT2D eigenvalue weighted by Gasteiger charge is 2.35. The minimum absolute atomic E-state index is 0.251. The Morgan fingerprint density at radius 3 is 2.87 bits per heavy atom. The number of hydrogen-bond donors (Lipinski definition) is 2. The van der Waals surface area contributed by atoms with E-state index >= 15 is 0 Å². The molecule has 7 heteroatoms. The number of aliphatic hydroxyl groups excluding tert-OH is 2. The van der Waals surface area contributed by atoms with Gasteiger partial charge >= 0.3 is 0 Å². The van der Waals surface area contributed by atoms with Gasteiger partial charge in [0.2, 0.25) is 0 Å². The molecule has 3 heterocycles. The van der Waals surface area contributed by atoms with Crippen LogP contribution in [0, 0.1) is 17.2 Å². The molecule has 0 amide bonds. The van der Waals surface area contributed by atoms with Crippen LogP contribution in [0.3, 0.4) is 0 Å². The van der Waals surface area contributed by atoms with Gasteiger partial charge < -0.3 is 19.7 Å². The van der Waals surface area contributed by atoms with Gasteiger partial charge in [-0.3, -0.25) is 4.98 Å². The molecule has 1 aromatic rings. The SMILES string of the molecule is N#Cc1cncc(OC2=CC(O)N(CC3CCOCC3)C2O)c1. The van der Waals surface area contributed by atoms with Gasteiger partial charge in [0.25, 0.3) is 0 Å². The maximum Gasteiger partial charge on any atom is 0.168 e. The molecule has 2 unspecified atom stereocenters. The molecule has 0 saturated carbocycles. The lowest BCUT2D eigenvalue weighted by molar-refractivity contribution is -0.0691. The predicted octanol–water partition coefficient (Wildman–Crippen LogP) is 0.595. The molecular formula is C16H19N3O4. The normalized spacial score (nSPS) is 25.9. The molecule has 122 valence electrons. The molecule has 1 fully saturated rings. The second-order valence-corrected chi connectivity index (χ2v) is 5.73. The zero-order valence-corrected chi connectivity index (χ0v) is 12.6. The highest BCUT2D eigenvalue weighted by atomic mass is 16.5. The summed E-state index contributed by atoms with van der Waals surface area (Å²) in [4.78, 5) is 5.50. The quantitative estimate of drug-likeness (QED) is 0.838. The summed E-state index contributed by atoms with van der Waals surface area (Å²) in [7, 11) is 0. The van der Waals surface area contributed by atoms with Crippen LogP contribution in [0.4, 0.5) is 0 Å². The molecule has 1 aromatic heterocycles. The summed E-state index contributed by atoms with van der Waals surface area (Å²) in [5.41, 5.74) is 0.371. The van der Waals surface area contributed by atoms with Gasteiger partial charge in [-0.1, -0.05) is 0 Å². The van der Waals surface area contributed by atoms with Gasteiger partial charge in [-0.2, -0.15) is 5.26 Å².